The lowest BCUT2D eigenvalue weighted by Gasteiger charge is -2.01. The molecule has 5 heteroatoms. The third-order valence-corrected chi connectivity index (χ3v) is 7.47. The first-order valence-corrected chi connectivity index (χ1v) is 11.3. The number of benzene rings is 3. The van der Waals surface area contributed by atoms with Crippen molar-refractivity contribution in [2.45, 2.75) is 0 Å². The fourth-order valence-electron chi connectivity index (χ4n) is 4.76. The number of hydrogen-bond acceptors (Lipinski definition) is 4. The third-order valence-electron chi connectivity index (χ3n) is 6.29. The second-order valence-electron chi connectivity index (χ2n) is 8.11. The van der Waals surface area contributed by atoms with Crippen molar-refractivity contribution in [2.24, 2.45) is 0 Å². The SMILES string of the molecule is c1ccc2c(c1)oc1c3cnc(-c4ccc5c(c4)oc4c6ccccc6sc54)cc3[nH]c21. The number of thiophene rings is 1. The lowest BCUT2D eigenvalue weighted by Crippen LogP contribution is -1.83. The third kappa shape index (κ3) is 2.08. The lowest BCUT2D eigenvalue weighted by atomic mass is 10.1. The monoisotopic (exact) mass is 430 g/mol. The van der Waals surface area contributed by atoms with Crippen LogP contribution in [0.2, 0.25) is 0 Å². The predicted octanol–water partition coefficient (Wildman–Crippen LogP) is 8.24. The van der Waals surface area contributed by atoms with Crippen molar-refractivity contribution in [1.29, 1.82) is 0 Å². The van der Waals surface area contributed by atoms with Crippen LogP contribution in [-0.2, 0) is 0 Å². The smallest absolute Gasteiger partial charge is 0.162 e. The van der Waals surface area contributed by atoms with E-state index in [4.69, 9.17) is 13.8 Å². The van der Waals surface area contributed by atoms with Gasteiger partial charge >= 0.3 is 0 Å². The molecule has 0 spiro atoms. The maximum absolute atomic E-state index is 6.30. The van der Waals surface area contributed by atoms with Crippen LogP contribution in [0.4, 0.5) is 0 Å². The van der Waals surface area contributed by atoms with E-state index in [1.807, 2.05) is 24.4 Å². The Morgan fingerprint density at radius 3 is 2.53 bits per heavy atom. The fourth-order valence-corrected chi connectivity index (χ4v) is 5.92. The minimum atomic E-state index is 0.855. The number of furan rings is 2. The first kappa shape index (κ1) is 16.6. The molecule has 0 amide bonds. The van der Waals surface area contributed by atoms with Gasteiger partial charge in [-0.05, 0) is 42.5 Å². The van der Waals surface area contributed by atoms with Crippen LogP contribution in [-0.4, -0.2) is 9.97 Å². The van der Waals surface area contributed by atoms with E-state index in [0.717, 1.165) is 60.8 Å². The van der Waals surface area contributed by atoms with Gasteiger partial charge in [-0.25, -0.2) is 0 Å². The molecule has 150 valence electrons. The van der Waals surface area contributed by atoms with Gasteiger partial charge in [-0.2, -0.15) is 0 Å². The zero-order valence-electron chi connectivity index (χ0n) is 16.7. The van der Waals surface area contributed by atoms with Crippen LogP contribution in [0.1, 0.15) is 0 Å². The van der Waals surface area contributed by atoms with Crippen LogP contribution in [0.5, 0.6) is 0 Å². The van der Waals surface area contributed by atoms with Crippen molar-refractivity contribution >= 4 is 75.6 Å². The fraction of sp³-hybridized carbons (Fsp3) is 0. The Bertz CT molecular complexity index is 1850. The quantitative estimate of drug-likeness (QED) is 0.285. The molecule has 0 radical (unpaired) electrons. The Morgan fingerprint density at radius 2 is 1.56 bits per heavy atom. The number of rotatable bonds is 1. The highest BCUT2D eigenvalue weighted by Crippen LogP contribution is 2.41. The molecule has 8 aromatic rings. The van der Waals surface area contributed by atoms with Crippen LogP contribution in [0, 0.1) is 0 Å². The Morgan fingerprint density at radius 1 is 0.719 bits per heavy atom. The van der Waals surface area contributed by atoms with Crippen molar-refractivity contribution in [2.75, 3.05) is 0 Å². The molecule has 0 atom stereocenters. The van der Waals surface area contributed by atoms with Gasteiger partial charge in [-0.15, -0.1) is 11.3 Å². The van der Waals surface area contributed by atoms with Crippen LogP contribution >= 0.6 is 11.3 Å². The highest BCUT2D eigenvalue weighted by molar-refractivity contribution is 7.26. The van der Waals surface area contributed by atoms with Gasteiger partial charge in [0.2, 0.25) is 0 Å². The Kier molecular flexibility index (Phi) is 3.00. The lowest BCUT2D eigenvalue weighted by molar-refractivity contribution is 0.672. The van der Waals surface area contributed by atoms with Crippen LogP contribution in [0.3, 0.4) is 0 Å². The van der Waals surface area contributed by atoms with Gasteiger partial charge in [0, 0.05) is 32.6 Å². The molecule has 0 fully saturated rings. The maximum atomic E-state index is 6.30. The first-order valence-electron chi connectivity index (χ1n) is 10.5. The average molecular weight is 430 g/mol. The summed E-state index contributed by atoms with van der Waals surface area (Å²) in [7, 11) is 0. The molecule has 0 saturated heterocycles. The number of hydrogen-bond donors (Lipinski definition) is 1. The summed E-state index contributed by atoms with van der Waals surface area (Å²) in [6.07, 6.45) is 1.89. The van der Waals surface area contributed by atoms with E-state index in [9.17, 15) is 0 Å². The largest absolute Gasteiger partial charge is 0.454 e. The molecular weight excluding hydrogens is 416 g/mol. The zero-order chi connectivity index (χ0) is 20.8. The Hall–Kier alpha value is -4.09. The minimum absolute atomic E-state index is 0.855. The van der Waals surface area contributed by atoms with Gasteiger partial charge in [0.1, 0.15) is 11.2 Å². The summed E-state index contributed by atoms with van der Waals surface area (Å²) < 4.78 is 14.8. The van der Waals surface area contributed by atoms with E-state index in [-0.39, 0.29) is 0 Å². The molecule has 5 heterocycles. The van der Waals surface area contributed by atoms with Gasteiger partial charge in [0.15, 0.2) is 11.2 Å². The molecule has 0 aliphatic rings. The van der Waals surface area contributed by atoms with E-state index >= 15 is 0 Å². The summed E-state index contributed by atoms with van der Waals surface area (Å²) in [6.45, 7) is 0. The Balaban J connectivity index is 1.32. The van der Waals surface area contributed by atoms with Crippen molar-refractivity contribution in [3.8, 4) is 11.3 Å². The topological polar surface area (TPSA) is 55.0 Å². The van der Waals surface area contributed by atoms with Crippen molar-refractivity contribution in [3.63, 3.8) is 0 Å². The molecule has 0 unspecified atom stereocenters. The molecule has 3 aromatic carbocycles. The zero-order valence-corrected chi connectivity index (χ0v) is 17.5. The van der Waals surface area contributed by atoms with Crippen LogP contribution in [0.15, 0.2) is 87.8 Å². The van der Waals surface area contributed by atoms with Gasteiger partial charge < -0.3 is 13.8 Å². The summed E-state index contributed by atoms with van der Waals surface area (Å²) in [5, 5.41) is 4.40. The number of aromatic amines is 1. The molecule has 8 rings (SSSR count). The van der Waals surface area contributed by atoms with Crippen molar-refractivity contribution < 1.29 is 8.83 Å². The molecular formula is C27H14N2O2S. The molecule has 0 saturated carbocycles. The number of pyridine rings is 1. The molecule has 0 aliphatic carbocycles. The van der Waals surface area contributed by atoms with Gasteiger partial charge in [-0.1, -0.05) is 30.3 Å². The first-order chi connectivity index (χ1) is 15.8. The molecule has 32 heavy (non-hydrogen) atoms. The molecule has 0 bridgehead atoms. The maximum Gasteiger partial charge on any atom is 0.162 e. The number of nitrogens with zero attached hydrogens (tertiary/aromatic N) is 1. The van der Waals surface area contributed by atoms with E-state index in [2.05, 4.69) is 59.6 Å². The Labute approximate surface area is 184 Å². The summed E-state index contributed by atoms with van der Waals surface area (Å²) >= 11 is 1.78. The summed E-state index contributed by atoms with van der Waals surface area (Å²) in [4.78, 5) is 8.28. The second kappa shape index (κ2) is 5.78. The molecule has 1 N–H and O–H groups in total. The van der Waals surface area contributed by atoms with Gasteiger partial charge in [-0.3, -0.25) is 4.98 Å². The molecule has 0 aliphatic heterocycles. The molecule has 5 aromatic heterocycles. The number of nitrogens with one attached hydrogen (secondary N) is 1. The summed E-state index contributed by atoms with van der Waals surface area (Å²) in [5.41, 5.74) is 7.56. The van der Waals surface area contributed by atoms with E-state index in [1.54, 1.807) is 11.3 Å². The van der Waals surface area contributed by atoms with Gasteiger partial charge in [0.25, 0.3) is 0 Å². The number of aromatic nitrogens is 2. The van der Waals surface area contributed by atoms with E-state index in [1.165, 1.54) is 14.8 Å². The number of para-hydroxylation sites is 1. The standard InChI is InChI=1S/C27H14N2O2S/c1-3-7-21-15(5-1)24-25(30-21)18-13-28-19(12-20(18)29-24)14-9-10-16-22(11-14)31-26-17-6-2-4-8-23(17)32-27(16)26/h1-13,29H. The predicted molar refractivity (Wildman–Crippen MR) is 131 cm³/mol. The normalized spacial score (nSPS) is 12.4. The van der Waals surface area contributed by atoms with Gasteiger partial charge in [0.05, 0.1) is 26.8 Å². The average Bonchev–Trinajstić information content (AvgIpc) is 3.56. The van der Waals surface area contributed by atoms with E-state index < -0.39 is 0 Å². The highest BCUT2D eigenvalue weighted by atomic mass is 32.1. The van der Waals surface area contributed by atoms with Crippen molar-refractivity contribution in [3.05, 3.63) is 79.0 Å². The van der Waals surface area contributed by atoms with Crippen LogP contribution < -0.4 is 0 Å². The van der Waals surface area contributed by atoms with Crippen molar-refractivity contribution in [1.82, 2.24) is 9.97 Å². The number of fused-ring (bicyclic) bond motifs is 10. The summed E-state index contributed by atoms with van der Waals surface area (Å²) in [5.74, 6) is 0. The second-order valence-corrected chi connectivity index (χ2v) is 9.16. The summed E-state index contributed by atoms with van der Waals surface area (Å²) in [6, 6.07) is 24.9. The van der Waals surface area contributed by atoms with Crippen LogP contribution in [0.25, 0.3) is 75.6 Å². The molecule has 4 nitrogen and oxygen atoms in total. The number of H-pyrrole nitrogens is 1. The minimum Gasteiger partial charge on any atom is -0.454 e. The van der Waals surface area contributed by atoms with E-state index in [0.29, 0.717) is 0 Å². The highest BCUT2D eigenvalue weighted by Gasteiger charge is 2.16.